The summed E-state index contributed by atoms with van der Waals surface area (Å²) in [6.07, 6.45) is 0. The molecule has 1 N–H and O–H groups in total. The van der Waals surface area contributed by atoms with E-state index in [1.165, 1.54) is 0 Å². The lowest BCUT2D eigenvalue weighted by molar-refractivity contribution is 0.316. The Bertz CT molecular complexity index is 285. The molecule has 0 aromatic heterocycles. The van der Waals surface area contributed by atoms with Gasteiger partial charge in [-0.15, -0.1) is 0 Å². The minimum Gasteiger partial charge on any atom is -0.384 e. The molecule has 0 aliphatic heterocycles. The number of hydrogen-bond acceptors (Lipinski definition) is 2. The lowest BCUT2D eigenvalue weighted by Crippen LogP contribution is -2.28. The quantitative estimate of drug-likeness (QED) is 0.802. The molecule has 2 nitrogen and oxygen atoms in total. The second-order valence-corrected chi connectivity index (χ2v) is 3.90. The summed E-state index contributed by atoms with van der Waals surface area (Å²) in [5, 5.41) is 4.14. The molecule has 0 spiro atoms. The van der Waals surface area contributed by atoms with E-state index in [1.807, 2.05) is 24.3 Å². The highest BCUT2D eigenvalue weighted by Crippen LogP contribution is 2.14. The molecule has 0 amide bonds. The van der Waals surface area contributed by atoms with E-state index >= 15 is 0 Å². The molecule has 1 aromatic rings. The summed E-state index contributed by atoms with van der Waals surface area (Å²) in [7, 11) is 0. The molecule has 15 heavy (non-hydrogen) atoms. The molecule has 3 heteroatoms. The van der Waals surface area contributed by atoms with Crippen LogP contribution in [0.2, 0.25) is 5.02 Å². The van der Waals surface area contributed by atoms with Crippen LogP contribution < -0.4 is 5.32 Å². The van der Waals surface area contributed by atoms with Crippen molar-refractivity contribution in [3.05, 3.63) is 29.3 Å². The van der Waals surface area contributed by atoms with Crippen LogP contribution in [-0.2, 0) is 0 Å². The smallest absolute Gasteiger partial charge is 0.0426 e. The van der Waals surface area contributed by atoms with Crippen molar-refractivity contribution in [3.8, 4) is 0 Å². The Kier molecular flexibility index (Phi) is 5.51. The Morgan fingerprint density at radius 3 is 2.60 bits per heavy atom. The highest BCUT2D eigenvalue weighted by molar-refractivity contribution is 6.30. The van der Waals surface area contributed by atoms with E-state index in [4.69, 9.17) is 11.6 Å². The number of anilines is 1. The number of nitrogens with zero attached hydrogens (tertiary/aromatic N) is 1. The molecule has 0 fully saturated rings. The molecular formula is C12H19ClN2. The summed E-state index contributed by atoms with van der Waals surface area (Å²) in [4.78, 5) is 2.39. The van der Waals surface area contributed by atoms with Gasteiger partial charge < -0.3 is 10.2 Å². The van der Waals surface area contributed by atoms with Gasteiger partial charge in [-0.2, -0.15) is 0 Å². The van der Waals surface area contributed by atoms with Crippen LogP contribution in [-0.4, -0.2) is 31.1 Å². The van der Waals surface area contributed by atoms with Crippen LogP contribution in [0.25, 0.3) is 0 Å². The van der Waals surface area contributed by atoms with Crippen LogP contribution in [0, 0.1) is 0 Å². The zero-order valence-corrected chi connectivity index (χ0v) is 10.2. The highest BCUT2D eigenvalue weighted by atomic mass is 35.5. The maximum atomic E-state index is 5.89. The summed E-state index contributed by atoms with van der Waals surface area (Å²) in [6.45, 7) is 8.61. The largest absolute Gasteiger partial charge is 0.384 e. The van der Waals surface area contributed by atoms with Crippen molar-refractivity contribution in [2.45, 2.75) is 13.8 Å². The lowest BCUT2D eigenvalue weighted by atomic mass is 10.3. The second-order valence-electron chi connectivity index (χ2n) is 3.46. The Labute approximate surface area is 97.2 Å². The van der Waals surface area contributed by atoms with Crippen molar-refractivity contribution in [1.82, 2.24) is 4.90 Å². The molecular weight excluding hydrogens is 208 g/mol. The fourth-order valence-corrected chi connectivity index (χ4v) is 1.69. The number of rotatable bonds is 6. The summed E-state index contributed by atoms with van der Waals surface area (Å²) >= 11 is 5.89. The van der Waals surface area contributed by atoms with E-state index in [9.17, 15) is 0 Å². The van der Waals surface area contributed by atoms with E-state index < -0.39 is 0 Å². The van der Waals surface area contributed by atoms with Gasteiger partial charge in [-0.25, -0.2) is 0 Å². The van der Waals surface area contributed by atoms with Crippen LogP contribution in [0.1, 0.15) is 13.8 Å². The van der Waals surface area contributed by atoms with E-state index in [1.54, 1.807) is 0 Å². The summed E-state index contributed by atoms with van der Waals surface area (Å²) in [5.41, 5.74) is 1.09. The third-order valence-corrected chi connectivity index (χ3v) is 2.71. The van der Waals surface area contributed by atoms with Crippen LogP contribution in [0.5, 0.6) is 0 Å². The number of nitrogens with one attached hydrogen (secondary N) is 1. The van der Waals surface area contributed by atoms with Crippen molar-refractivity contribution in [2.24, 2.45) is 0 Å². The topological polar surface area (TPSA) is 15.3 Å². The lowest BCUT2D eigenvalue weighted by Gasteiger charge is -2.18. The molecule has 0 atom stereocenters. The summed E-state index contributed by atoms with van der Waals surface area (Å²) < 4.78 is 0. The van der Waals surface area contributed by atoms with Crippen molar-refractivity contribution in [1.29, 1.82) is 0 Å². The molecule has 0 saturated carbocycles. The molecule has 84 valence electrons. The fourth-order valence-electron chi connectivity index (χ4n) is 1.50. The van der Waals surface area contributed by atoms with Crippen LogP contribution in [0.4, 0.5) is 5.69 Å². The molecule has 0 aliphatic carbocycles. The molecule has 0 unspecified atom stereocenters. The number of benzene rings is 1. The number of likely N-dealkylation sites (N-methyl/N-ethyl adjacent to an activating group) is 1. The minimum atomic E-state index is 0.780. The first kappa shape index (κ1) is 12.3. The minimum absolute atomic E-state index is 0.780. The monoisotopic (exact) mass is 226 g/mol. The van der Waals surface area contributed by atoms with E-state index in [-0.39, 0.29) is 0 Å². The predicted molar refractivity (Wildman–Crippen MR) is 67.7 cm³/mol. The zero-order valence-electron chi connectivity index (χ0n) is 9.46. The van der Waals surface area contributed by atoms with Gasteiger partial charge in [0.2, 0.25) is 0 Å². The molecule has 0 aliphatic rings. The van der Waals surface area contributed by atoms with Gasteiger partial charge >= 0.3 is 0 Å². The second kappa shape index (κ2) is 6.70. The van der Waals surface area contributed by atoms with Gasteiger partial charge in [-0.05, 0) is 31.3 Å². The first-order valence-corrected chi connectivity index (χ1v) is 5.85. The highest BCUT2D eigenvalue weighted by Gasteiger charge is 1.98. The van der Waals surface area contributed by atoms with Crippen LogP contribution in [0.3, 0.4) is 0 Å². The molecule has 0 heterocycles. The van der Waals surface area contributed by atoms with Gasteiger partial charge in [0.15, 0.2) is 0 Å². The summed E-state index contributed by atoms with van der Waals surface area (Å²) in [6, 6.07) is 7.83. The molecule has 0 radical (unpaired) electrons. The van der Waals surface area contributed by atoms with Gasteiger partial charge in [0.1, 0.15) is 0 Å². The fraction of sp³-hybridized carbons (Fsp3) is 0.500. The predicted octanol–water partition coefficient (Wildman–Crippen LogP) is 3.09. The molecule has 1 aromatic carbocycles. The zero-order chi connectivity index (χ0) is 11.1. The van der Waals surface area contributed by atoms with Gasteiger partial charge in [0.05, 0.1) is 0 Å². The normalized spacial score (nSPS) is 10.7. The van der Waals surface area contributed by atoms with Crippen molar-refractivity contribution in [2.75, 3.05) is 31.5 Å². The SMILES string of the molecule is CCN(CC)CCNc1cccc(Cl)c1. The Hall–Kier alpha value is -0.730. The van der Waals surface area contributed by atoms with Crippen molar-refractivity contribution < 1.29 is 0 Å². The molecule has 0 saturated heterocycles. The third kappa shape index (κ3) is 4.54. The van der Waals surface area contributed by atoms with Gasteiger partial charge in [0, 0.05) is 23.8 Å². The van der Waals surface area contributed by atoms with Gasteiger partial charge in [-0.3, -0.25) is 0 Å². The first-order chi connectivity index (χ1) is 7.26. The Morgan fingerprint density at radius 1 is 1.27 bits per heavy atom. The Morgan fingerprint density at radius 2 is 2.00 bits per heavy atom. The average Bonchev–Trinajstić information content (AvgIpc) is 2.25. The average molecular weight is 227 g/mol. The van der Waals surface area contributed by atoms with E-state index in [0.29, 0.717) is 0 Å². The first-order valence-electron chi connectivity index (χ1n) is 5.48. The van der Waals surface area contributed by atoms with Crippen molar-refractivity contribution in [3.63, 3.8) is 0 Å². The standard InChI is InChI=1S/C12H19ClN2/c1-3-15(4-2)9-8-14-12-7-5-6-11(13)10-12/h5-7,10,14H,3-4,8-9H2,1-2H3. The van der Waals surface area contributed by atoms with E-state index in [0.717, 1.165) is 36.9 Å². The number of hydrogen-bond donors (Lipinski definition) is 1. The van der Waals surface area contributed by atoms with Crippen molar-refractivity contribution >= 4 is 17.3 Å². The number of halogens is 1. The van der Waals surface area contributed by atoms with Crippen LogP contribution in [0.15, 0.2) is 24.3 Å². The van der Waals surface area contributed by atoms with Gasteiger partial charge in [-0.1, -0.05) is 31.5 Å². The van der Waals surface area contributed by atoms with Gasteiger partial charge in [0.25, 0.3) is 0 Å². The molecule has 1 rings (SSSR count). The summed E-state index contributed by atoms with van der Waals surface area (Å²) in [5.74, 6) is 0. The molecule has 0 bridgehead atoms. The Balaban J connectivity index is 2.31. The van der Waals surface area contributed by atoms with E-state index in [2.05, 4.69) is 24.1 Å². The third-order valence-electron chi connectivity index (χ3n) is 2.48. The maximum absolute atomic E-state index is 5.89. The van der Waals surface area contributed by atoms with Crippen LogP contribution >= 0.6 is 11.6 Å². The maximum Gasteiger partial charge on any atom is 0.0426 e.